The van der Waals surface area contributed by atoms with Crippen LogP contribution < -0.4 is 0 Å². The standard InChI is InChI=1S/C16H19NO2/c1-11(2)8-9-15-13(10-16(18)19-3)12-6-4-5-7-14(12)17-15/h4-8,17H,9-10H2,1-3H3. The van der Waals surface area contributed by atoms with Crippen molar-refractivity contribution in [3.05, 3.63) is 47.2 Å². The first-order chi connectivity index (χ1) is 9.11. The third kappa shape index (κ3) is 3.05. The Bertz CT molecular complexity index is 619. The van der Waals surface area contributed by atoms with Crippen molar-refractivity contribution in [1.29, 1.82) is 0 Å². The Morgan fingerprint density at radius 3 is 2.74 bits per heavy atom. The fourth-order valence-corrected chi connectivity index (χ4v) is 2.15. The largest absolute Gasteiger partial charge is 0.469 e. The fourth-order valence-electron chi connectivity index (χ4n) is 2.15. The average molecular weight is 257 g/mol. The molecule has 3 nitrogen and oxygen atoms in total. The SMILES string of the molecule is COC(=O)Cc1c(CC=C(C)C)[nH]c2ccccc12. The number of carbonyl (C=O) groups is 1. The van der Waals surface area contributed by atoms with Crippen LogP contribution in [0.1, 0.15) is 25.1 Å². The molecule has 0 atom stereocenters. The monoisotopic (exact) mass is 257 g/mol. The van der Waals surface area contributed by atoms with Crippen molar-refractivity contribution in [2.45, 2.75) is 26.7 Å². The molecule has 100 valence electrons. The van der Waals surface area contributed by atoms with Crippen LogP contribution in [0, 0.1) is 0 Å². The lowest BCUT2D eigenvalue weighted by Crippen LogP contribution is -2.06. The average Bonchev–Trinajstić information content (AvgIpc) is 2.74. The second-order valence-electron chi connectivity index (χ2n) is 4.87. The summed E-state index contributed by atoms with van der Waals surface area (Å²) in [5.41, 5.74) is 4.47. The summed E-state index contributed by atoms with van der Waals surface area (Å²) in [5.74, 6) is -0.205. The molecular weight excluding hydrogens is 238 g/mol. The van der Waals surface area contributed by atoms with Gasteiger partial charge in [-0.1, -0.05) is 29.8 Å². The molecule has 0 bridgehead atoms. The summed E-state index contributed by atoms with van der Waals surface area (Å²) in [6.45, 7) is 4.14. The molecule has 2 rings (SSSR count). The molecule has 0 unspecified atom stereocenters. The number of allylic oxidation sites excluding steroid dienone is 2. The molecule has 1 aromatic heterocycles. The van der Waals surface area contributed by atoms with E-state index in [0.717, 1.165) is 28.6 Å². The molecule has 2 aromatic rings. The predicted molar refractivity (Wildman–Crippen MR) is 77.2 cm³/mol. The van der Waals surface area contributed by atoms with Gasteiger partial charge in [0, 0.05) is 23.0 Å². The highest BCUT2D eigenvalue weighted by Crippen LogP contribution is 2.24. The number of aromatic amines is 1. The van der Waals surface area contributed by atoms with E-state index >= 15 is 0 Å². The van der Waals surface area contributed by atoms with Crippen LogP contribution in [-0.2, 0) is 22.4 Å². The maximum Gasteiger partial charge on any atom is 0.310 e. The highest BCUT2D eigenvalue weighted by atomic mass is 16.5. The fraction of sp³-hybridized carbons (Fsp3) is 0.312. The number of benzene rings is 1. The van der Waals surface area contributed by atoms with Gasteiger partial charge in [-0.15, -0.1) is 0 Å². The van der Waals surface area contributed by atoms with Crippen molar-refractivity contribution < 1.29 is 9.53 Å². The van der Waals surface area contributed by atoms with Crippen molar-refractivity contribution >= 4 is 16.9 Å². The first-order valence-electron chi connectivity index (χ1n) is 6.40. The summed E-state index contributed by atoms with van der Waals surface area (Å²) in [4.78, 5) is 15.0. The van der Waals surface area contributed by atoms with Gasteiger partial charge in [0.2, 0.25) is 0 Å². The van der Waals surface area contributed by atoms with Crippen LogP contribution in [0.25, 0.3) is 10.9 Å². The van der Waals surface area contributed by atoms with E-state index in [0.29, 0.717) is 6.42 Å². The van der Waals surface area contributed by atoms with E-state index in [1.807, 2.05) is 24.3 Å². The molecule has 1 N–H and O–H groups in total. The summed E-state index contributed by atoms with van der Waals surface area (Å²) < 4.78 is 4.78. The minimum absolute atomic E-state index is 0.205. The minimum atomic E-state index is -0.205. The number of ether oxygens (including phenoxy) is 1. The van der Waals surface area contributed by atoms with Crippen molar-refractivity contribution in [2.24, 2.45) is 0 Å². The van der Waals surface area contributed by atoms with E-state index in [9.17, 15) is 4.79 Å². The van der Waals surface area contributed by atoms with Gasteiger partial charge in [-0.05, 0) is 25.5 Å². The summed E-state index contributed by atoms with van der Waals surface area (Å²) >= 11 is 0. The van der Waals surface area contributed by atoms with Gasteiger partial charge < -0.3 is 9.72 Å². The quantitative estimate of drug-likeness (QED) is 0.674. The summed E-state index contributed by atoms with van der Waals surface area (Å²) in [7, 11) is 1.42. The third-order valence-corrected chi connectivity index (χ3v) is 3.17. The molecule has 0 saturated carbocycles. The zero-order valence-electron chi connectivity index (χ0n) is 11.6. The summed E-state index contributed by atoms with van der Waals surface area (Å²) in [6.07, 6.45) is 3.28. The lowest BCUT2D eigenvalue weighted by molar-refractivity contribution is -0.139. The molecule has 0 aliphatic heterocycles. The van der Waals surface area contributed by atoms with Crippen LogP contribution in [0.3, 0.4) is 0 Å². The van der Waals surface area contributed by atoms with Gasteiger partial charge in [-0.2, -0.15) is 0 Å². The molecule has 19 heavy (non-hydrogen) atoms. The van der Waals surface area contributed by atoms with Crippen LogP contribution in [0.15, 0.2) is 35.9 Å². The van der Waals surface area contributed by atoms with E-state index in [2.05, 4.69) is 24.9 Å². The van der Waals surface area contributed by atoms with E-state index in [-0.39, 0.29) is 5.97 Å². The molecule has 0 aliphatic rings. The molecule has 0 aliphatic carbocycles. The van der Waals surface area contributed by atoms with Crippen molar-refractivity contribution in [1.82, 2.24) is 4.98 Å². The first-order valence-corrected chi connectivity index (χ1v) is 6.40. The zero-order chi connectivity index (χ0) is 13.8. The second-order valence-corrected chi connectivity index (χ2v) is 4.87. The van der Waals surface area contributed by atoms with Crippen molar-refractivity contribution in [3.63, 3.8) is 0 Å². The van der Waals surface area contributed by atoms with Gasteiger partial charge in [0.1, 0.15) is 0 Å². The Kier molecular flexibility index (Phi) is 4.05. The number of nitrogens with one attached hydrogen (secondary N) is 1. The number of H-pyrrole nitrogens is 1. The topological polar surface area (TPSA) is 42.1 Å². The molecule has 0 saturated heterocycles. The van der Waals surface area contributed by atoms with Crippen molar-refractivity contribution in [3.8, 4) is 0 Å². The van der Waals surface area contributed by atoms with E-state index in [1.165, 1.54) is 12.7 Å². The zero-order valence-corrected chi connectivity index (χ0v) is 11.6. The van der Waals surface area contributed by atoms with Crippen molar-refractivity contribution in [2.75, 3.05) is 7.11 Å². The molecule has 1 heterocycles. The Labute approximate surface area is 113 Å². The number of para-hydroxylation sites is 1. The van der Waals surface area contributed by atoms with Gasteiger partial charge in [-0.25, -0.2) is 0 Å². The van der Waals surface area contributed by atoms with Crippen LogP contribution in [-0.4, -0.2) is 18.1 Å². The maximum absolute atomic E-state index is 11.6. The smallest absolute Gasteiger partial charge is 0.310 e. The van der Waals surface area contributed by atoms with Gasteiger partial charge >= 0.3 is 5.97 Å². The Morgan fingerprint density at radius 2 is 2.05 bits per heavy atom. The van der Waals surface area contributed by atoms with Crippen LogP contribution in [0.5, 0.6) is 0 Å². The maximum atomic E-state index is 11.6. The molecule has 0 spiro atoms. The Morgan fingerprint density at radius 1 is 1.32 bits per heavy atom. The van der Waals surface area contributed by atoms with Gasteiger partial charge in [-0.3, -0.25) is 4.79 Å². The molecule has 1 aromatic carbocycles. The number of aromatic nitrogens is 1. The predicted octanol–water partition coefficient (Wildman–Crippen LogP) is 3.39. The number of rotatable bonds is 4. The van der Waals surface area contributed by atoms with E-state index in [4.69, 9.17) is 4.74 Å². The minimum Gasteiger partial charge on any atom is -0.469 e. The van der Waals surface area contributed by atoms with E-state index in [1.54, 1.807) is 0 Å². The van der Waals surface area contributed by atoms with Crippen LogP contribution >= 0.6 is 0 Å². The highest BCUT2D eigenvalue weighted by molar-refractivity contribution is 5.88. The molecule has 0 radical (unpaired) electrons. The van der Waals surface area contributed by atoms with Crippen LogP contribution in [0.2, 0.25) is 0 Å². The first kappa shape index (κ1) is 13.4. The van der Waals surface area contributed by atoms with Gasteiger partial charge in [0.05, 0.1) is 13.5 Å². The number of carbonyl (C=O) groups excluding carboxylic acids is 1. The number of fused-ring (bicyclic) bond motifs is 1. The highest BCUT2D eigenvalue weighted by Gasteiger charge is 2.14. The third-order valence-electron chi connectivity index (χ3n) is 3.17. The summed E-state index contributed by atoms with van der Waals surface area (Å²) in [6, 6.07) is 8.05. The number of esters is 1. The normalized spacial score (nSPS) is 10.5. The Hall–Kier alpha value is -2.03. The number of hydrogen-bond donors (Lipinski definition) is 1. The molecule has 3 heteroatoms. The summed E-state index contributed by atoms with van der Waals surface area (Å²) in [5, 5.41) is 1.10. The molecule has 0 fully saturated rings. The Balaban J connectivity index is 2.45. The number of methoxy groups -OCH3 is 1. The van der Waals surface area contributed by atoms with Gasteiger partial charge in [0.15, 0.2) is 0 Å². The van der Waals surface area contributed by atoms with E-state index < -0.39 is 0 Å². The molecule has 0 amide bonds. The van der Waals surface area contributed by atoms with Gasteiger partial charge in [0.25, 0.3) is 0 Å². The second kappa shape index (κ2) is 5.74. The lowest BCUT2D eigenvalue weighted by atomic mass is 10.1. The number of hydrogen-bond acceptors (Lipinski definition) is 2. The molecular formula is C16H19NO2. The van der Waals surface area contributed by atoms with Crippen LogP contribution in [0.4, 0.5) is 0 Å². The lowest BCUT2D eigenvalue weighted by Gasteiger charge is -2.02.